The predicted octanol–water partition coefficient (Wildman–Crippen LogP) is 0.878. The van der Waals surface area contributed by atoms with Crippen molar-refractivity contribution in [3.63, 3.8) is 0 Å². The fourth-order valence-electron chi connectivity index (χ4n) is 0.534. The number of carbonyl (C=O) groups excluding carboxylic acids is 1. The third-order valence-corrected chi connectivity index (χ3v) is 1.14. The van der Waals surface area contributed by atoms with E-state index in [1.165, 1.54) is 0 Å². The number of hydrogen-bond acceptors (Lipinski definition) is 3. The van der Waals surface area contributed by atoms with Crippen LogP contribution in [0.25, 0.3) is 0 Å². The monoisotopic (exact) mass is 158 g/mol. The Bertz CT molecular complexity index is 140. The van der Waals surface area contributed by atoms with Crippen LogP contribution in [0.15, 0.2) is 12.2 Å². The summed E-state index contributed by atoms with van der Waals surface area (Å²) in [6, 6.07) is 0. The van der Waals surface area contributed by atoms with Crippen LogP contribution in [0, 0.1) is 0 Å². The molecule has 0 aliphatic heterocycles. The quantitative estimate of drug-likeness (QED) is 0.477. The molecule has 0 amide bonds. The van der Waals surface area contributed by atoms with Gasteiger partial charge in [-0.05, 0) is 6.42 Å². The zero-order valence-electron chi connectivity index (χ0n) is 6.80. The summed E-state index contributed by atoms with van der Waals surface area (Å²) in [4.78, 5) is 10.9. The van der Waals surface area contributed by atoms with Crippen LogP contribution in [-0.2, 0) is 9.53 Å². The molecule has 1 N–H and O–H groups in total. The van der Waals surface area contributed by atoms with Crippen LogP contribution in [0.5, 0.6) is 0 Å². The molecule has 0 fully saturated rings. The van der Waals surface area contributed by atoms with Gasteiger partial charge in [-0.25, -0.2) is 4.79 Å². The number of carbonyl (C=O) groups is 1. The molecule has 0 radical (unpaired) electrons. The fourth-order valence-corrected chi connectivity index (χ4v) is 0.534. The largest absolute Gasteiger partial charge is 0.462 e. The zero-order chi connectivity index (χ0) is 8.69. The van der Waals surface area contributed by atoms with E-state index in [0.717, 1.165) is 6.42 Å². The van der Waals surface area contributed by atoms with Gasteiger partial charge >= 0.3 is 5.97 Å². The van der Waals surface area contributed by atoms with Crippen LogP contribution >= 0.6 is 0 Å². The first-order valence-electron chi connectivity index (χ1n) is 3.68. The SMILES string of the molecule is C=C(CCO)C(=O)OCCC. The average Bonchev–Trinajstić information content (AvgIpc) is 2.00. The third kappa shape index (κ3) is 4.56. The van der Waals surface area contributed by atoms with Crippen LogP contribution in [0.1, 0.15) is 19.8 Å². The van der Waals surface area contributed by atoms with Gasteiger partial charge in [-0.1, -0.05) is 13.5 Å². The van der Waals surface area contributed by atoms with Gasteiger partial charge in [0.15, 0.2) is 0 Å². The molecule has 0 unspecified atom stereocenters. The molecule has 0 spiro atoms. The van der Waals surface area contributed by atoms with Crippen molar-refractivity contribution >= 4 is 5.97 Å². The average molecular weight is 158 g/mol. The highest BCUT2D eigenvalue weighted by Crippen LogP contribution is 1.99. The number of esters is 1. The fraction of sp³-hybridized carbons (Fsp3) is 0.625. The van der Waals surface area contributed by atoms with Gasteiger partial charge in [-0.3, -0.25) is 0 Å². The van der Waals surface area contributed by atoms with Gasteiger partial charge in [0.2, 0.25) is 0 Å². The standard InChI is InChI=1S/C8H14O3/c1-3-6-11-8(10)7(2)4-5-9/h9H,2-6H2,1H3. The second-order valence-corrected chi connectivity index (χ2v) is 2.21. The molecule has 0 aliphatic carbocycles. The van der Waals surface area contributed by atoms with Crippen LogP contribution in [0.3, 0.4) is 0 Å². The maximum Gasteiger partial charge on any atom is 0.333 e. The predicted molar refractivity (Wildman–Crippen MR) is 42.1 cm³/mol. The molecule has 0 aromatic rings. The summed E-state index contributed by atoms with van der Waals surface area (Å²) in [6.45, 7) is 5.75. The van der Waals surface area contributed by atoms with Gasteiger partial charge in [0.1, 0.15) is 0 Å². The van der Waals surface area contributed by atoms with E-state index >= 15 is 0 Å². The Labute approximate surface area is 66.7 Å². The Morgan fingerprint density at radius 3 is 2.73 bits per heavy atom. The molecule has 11 heavy (non-hydrogen) atoms. The summed E-state index contributed by atoms with van der Waals surface area (Å²) in [6.07, 6.45) is 1.10. The van der Waals surface area contributed by atoms with Crippen molar-refractivity contribution in [3.8, 4) is 0 Å². The van der Waals surface area contributed by atoms with E-state index in [1.807, 2.05) is 6.92 Å². The highest BCUT2D eigenvalue weighted by atomic mass is 16.5. The first-order valence-corrected chi connectivity index (χ1v) is 3.68. The molecular weight excluding hydrogens is 144 g/mol. The second-order valence-electron chi connectivity index (χ2n) is 2.21. The summed E-state index contributed by atoms with van der Waals surface area (Å²) in [5.41, 5.74) is 0.334. The number of ether oxygens (including phenoxy) is 1. The van der Waals surface area contributed by atoms with Crippen molar-refractivity contribution in [1.82, 2.24) is 0 Å². The van der Waals surface area contributed by atoms with E-state index in [9.17, 15) is 4.79 Å². The summed E-state index contributed by atoms with van der Waals surface area (Å²) in [7, 11) is 0. The smallest absolute Gasteiger partial charge is 0.333 e. The van der Waals surface area contributed by atoms with Gasteiger partial charge in [0, 0.05) is 18.6 Å². The molecule has 3 heteroatoms. The first kappa shape index (κ1) is 10.2. The topological polar surface area (TPSA) is 46.5 Å². The van der Waals surface area contributed by atoms with E-state index in [-0.39, 0.29) is 6.61 Å². The Balaban J connectivity index is 3.56. The highest BCUT2D eigenvalue weighted by molar-refractivity contribution is 5.87. The van der Waals surface area contributed by atoms with Crippen molar-refractivity contribution in [3.05, 3.63) is 12.2 Å². The van der Waals surface area contributed by atoms with Gasteiger partial charge in [-0.15, -0.1) is 0 Å². The molecule has 0 saturated heterocycles. The third-order valence-electron chi connectivity index (χ3n) is 1.14. The molecule has 0 aromatic heterocycles. The molecule has 0 atom stereocenters. The maximum atomic E-state index is 10.9. The van der Waals surface area contributed by atoms with Crippen molar-refractivity contribution in [2.75, 3.05) is 13.2 Å². The normalized spacial score (nSPS) is 9.27. The van der Waals surface area contributed by atoms with Gasteiger partial charge in [0.05, 0.1) is 6.61 Å². The van der Waals surface area contributed by atoms with Crippen LogP contribution in [0.2, 0.25) is 0 Å². The number of hydrogen-bond donors (Lipinski definition) is 1. The second kappa shape index (κ2) is 5.92. The zero-order valence-corrected chi connectivity index (χ0v) is 6.80. The highest BCUT2D eigenvalue weighted by Gasteiger charge is 2.05. The molecule has 64 valence electrons. The van der Waals surface area contributed by atoms with Gasteiger partial charge < -0.3 is 9.84 Å². The minimum atomic E-state index is -0.402. The Morgan fingerprint density at radius 1 is 1.64 bits per heavy atom. The van der Waals surface area contributed by atoms with Crippen LogP contribution < -0.4 is 0 Å². The van der Waals surface area contributed by atoms with Gasteiger partial charge in [0.25, 0.3) is 0 Å². The first-order chi connectivity index (χ1) is 5.22. The van der Waals surface area contributed by atoms with Gasteiger partial charge in [-0.2, -0.15) is 0 Å². The van der Waals surface area contributed by atoms with Crippen molar-refractivity contribution in [2.24, 2.45) is 0 Å². The lowest BCUT2D eigenvalue weighted by Crippen LogP contribution is -2.08. The molecule has 3 nitrogen and oxygen atoms in total. The van der Waals surface area contributed by atoms with Crippen molar-refractivity contribution < 1.29 is 14.6 Å². The lowest BCUT2D eigenvalue weighted by molar-refractivity contribution is -0.139. The molecule has 0 bridgehead atoms. The van der Waals surface area contributed by atoms with Crippen molar-refractivity contribution in [1.29, 1.82) is 0 Å². The summed E-state index contributed by atoms with van der Waals surface area (Å²) in [5, 5.41) is 8.44. The van der Waals surface area contributed by atoms with E-state index in [1.54, 1.807) is 0 Å². The number of aliphatic hydroxyl groups is 1. The minimum Gasteiger partial charge on any atom is -0.462 e. The summed E-state index contributed by atoms with van der Waals surface area (Å²) in [5.74, 6) is -0.402. The van der Waals surface area contributed by atoms with E-state index in [4.69, 9.17) is 9.84 Å². The molecular formula is C8H14O3. The lowest BCUT2D eigenvalue weighted by atomic mass is 10.2. The summed E-state index contributed by atoms with van der Waals surface area (Å²) < 4.78 is 4.76. The number of rotatable bonds is 5. The van der Waals surface area contributed by atoms with E-state index in [2.05, 4.69) is 6.58 Å². The van der Waals surface area contributed by atoms with E-state index < -0.39 is 5.97 Å². The lowest BCUT2D eigenvalue weighted by Gasteiger charge is -2.03. The number of aliphatic hydroxyl groups excluding tert-OH is 1. The van der Waals surface area contributed by atoms with E-state index in [0.29, 0.717) is 18.6 Å². The van der Waals surface area contributed by atoms with Crippen LogP contribution in [0.4, 0.5) is 0 Å². The Morgan fingerprint density at radius 2 is 2.27 bits per heavy atom. The van der Waals surface area contributed by atoms with Crippen molar-refractivity contribution in [2.45, 2.75) is 19.8 Å². The maximum absolute atomic E-state index is 10.9. The molecule has 0 heterocycles. The Hall–Kier alpha value is -0.830. The molecule has 0 saturated carbocycles. The Kier molecular flexibility index (Phi) is 5.47. The summed E-state index contributed by atoms with van der Waals surface area (Å²) >= 11 is 0. The minimum absolute atomic E-state index is 0.0555. The molecule has 0 aromatic carbocycles. The molecule has 0 aliphatic rings. The van der Waals surface area contributed by atoms with Crippen LogP contribution in [-0.4, -0.2) is 24.3 Å². The molecule has 0 rings (SSSR count).